The third kappa shape index (κ3) is 2.81. The summed E-state index contributed by atoms with van der Waals surface area (Å²) in [6.07, 6.45) is 2.23. The van der Waals surface area contributed by atoms with Gasteiger partial charge in [-0.3, -0.25) is 10.1 Å². The van der Waals surface area contributed by atoms with Gasteiger partial charge in [0.1, 0.15) is 0 Å². The average molecular weight is 283 g/mol. The van der Waals surface area contributed by atoms with Crippen LogP contribution in [0.5, 0.6) is 0 Å². The van der Waals surface area contributed by atoms with Crippen molar-refractivity contribution in [2.24, 2.45) is 0 Å². The lowest BCUT2D eigenvalue weighted by atomic mass is 10.0. The van der Waals surface area contributed by atoms with Crippen LogP contribution >= 0.6 is 0 Å². The summed E-state index contributed by atoms with van der Waals surface area (Å²) < 4.78 is 0. The monoisotopic (exact) mass is 283 g/mol. The highest BCUT2D eigenvalue weighted by Crippen LogP contribution is 2.28. The van der Waals surface area contributed by atoms with Crippen molar-refractivity contribution in [2.45, 2.75) is 19.8 Å². The topological polar surface area (TPSA) is 67.2 Å². The van der Waals surface area contributed by atoms with Gasteiger partial charge < -0.3 is 10.6 Å². The summed E-state index contributed by atoms with van der Waals surface area (Å²) in [5.41, 5.74) is 5.18. The quantitative estimate of drug-likeness (QED) is 0.660. The Hall–Kier alpha value is -2.56. The van der Waals surface area contributed by atoms with Crippen LogP contribution in [0, 0.1) is 17.0 Å². The Bertz CT molecular complexity index is 698. The maximum atomic E-state index is 10.8. The molecule has 0 saturated carbocycles. The molecule has 1 aliphatic rings. The van der Waals surface area contributed by atoms with Gasteiger partial charge in [0, 0.05) is 35.2 Å². The highest BCUT2D eigenvalue weighted by molar-refractivity contribution is 5.67. The van der Waals surface area contributed by atoms with Crippen molar-refractivity contribution in [3.8, 4) is 0 Å². The standard InChI is InChI=1S/C16H17N3O2/c1-11-9-13(5-7-16(11)19(20)21)18-14-4-6-15-12(10-14)3-2-8-17-15/h4-7,9-10,17-18H,2-3,8H2,1H3. The van der Waals surface area contributed by atoms with Gasteiger partial charge in [-0.05, 0) is 55.7 Å². The van der Waals surface area contributed by atoms with Crippen LogP contribution in [0.1, 0.15) is 17.5 Å². The van der Waals surface area contributed by atoms with E-state index >= 15 is 0 Å². The summed E-state index contributed by atoms with van der Waals surface area (Å²) in [4.78, 5) is 10.5. The van der Waals surface area contributed by atoms with Gasteiger partial charge in [-0.25, -0.2) is 0 Å². The van der Waals surface area contributed by atoms with Gasteiger partial charge in [0.2, 0.25) is 0 Å². The molecule has 0 aromatic heterocycles. The molecule has 2 aromatic rings. The summed E-state index contributed by atoms with van der Waals surface area (Å²) in [6, 6.07) is 11.3. The molecule has 0 saturated heterocycles. The number of nitrogens with zero attached hydrogens (tertiary/aromatic N) is 1. The molecule has 2 N–H and O–H groups in total. The first-order valence-corrected chi connectivity index (χ1v) is 7.02. The summed E-state index contributed by atoms with van der Waals surface area (Å²) in [5.74, 6) is 0. The van der Waals surface area contributed by atoms with Gasteiger partial charge >= 0.3 is 0 Å². The molecule has 5 nitrogen and oxygen atoms in total. The second-order valence-corrected chi connectivity index (χ2v) is 5.29. The minimum atomic E-state index is -0.357. The minimum absolute atomic E-state index is 0.148. The molecular formula is C16H17N3O2. The van der Waals surface area contributed by atoms with Crippen LogP contribution in [0.2, 0.25) is 0 Å². The molecule has 21 heavy (non-hydrogen) atoms. The lowest BCUT2D eigenvalue weighted by molar-refractivity contribution is -0.385. The van der Waals surface area contributed by atoms with Gasteiger partial charge in [-0.1, -0.05) is 0 Å². The number of anilines is 3. The fourth-order valence-corrected chi connectivity index (χ4v) is 2.66. The summed E-state index contributed by atoms with van der Waals surface area (Å²) in [6.45, 7) is 2.78. The number of benzene rings is 2. The zero-order valence-electron chi connectivity index (χ0n) is 11.8. The van der Waals surface area contributed by atoms with Crippen molar-refractivity contribution in [2.75, 3.05) is 17.2 Å². The third-order valence-electron chi connectivity index (χ3n) is 3.73. The molecule has 1 heterocycles. The molecular weight excluding hydrogens is 266 g/mol. The van der Waals surface area contributed by atoms with Crippen LogP contribution in [0.3, 0.4) is 0 Å². The van der Waals surface area contributed by atoms with Gasteiger partial charge in [0.25, 0.3) is 5.69 Å². The first kappa shape index (κ1) is 13.4. The Kier molecular flexibility index (Phi) is 3.48. The van der Waals surface area contributed by atoms with E-state index in [-0.39, 0.29) is 10.6 Å². The molecule has 0 fully saturated rings. The van der Waals surface area contributed by atoms with Crippen LogP contribution in [0.15, 0.2) is 36.4 Å². The van der Waals surface area contributed by atoms with E-state index in [2.05, 4.69) is 22.8 Å². The molecule has 0 spiro atoms. The molecule has 0 aliphatic carbocycles. The van der Waals surface area contributed by atoms with Crippen molar-refractivity contribution in [3.63, 3.8) is 0 Å². The lowest BCUT2D eigenvalue weighted by Crippen LogP contribution is -2.11. The number of nitrogens with one attached hydrogen (secondary N) is 2. The zero-order valence-corrected chi connectivity index (χ0v) is 11.8. The van der Waals surface area contributed by atoms with Gasteiger partial charge in [-0.2, -0.15) is 0 Å². The van der Waals surface area contributed by atoms with E-state index < -0.39 is 0 Å². The Balaban J connectivity index is 1.83. The SMILES string of the molecule is Cc1cc(Nc2ccc3c(c2)CCCN3)ccc1[N+](=O)[O-]. The van der Waals surface area contributed by atoms with Gasteiger partial charge in [0.05, 0.1) is 4.92 Å². The second-order valence-electron chi connectivity index (χ2n) is 5.29. The smallest absolute Gasteiger partial charge is 0.272 e. The van der Waals surface area contributed by atoms with Crippen molar-refractivity contribution >= 4 is 22.7 Å². The number of nitro benzene ring substituents is 1. The second kappa shape index (κ2) is 5.44. The first-order chi connectivity index (χ1) is 10.1. The van der Waals surface area contributed by atoms with Crippen LogP contribution in [0.25, 0.3) is 0 Å². The minimum Gasteiger partial charge on any atom is -0.385 e. The van der Waals surface area contributed by atoms with Crippen molar-refractivity contribution in [1.82, 2.24) is 0 Å². The van der Waals surface area contributed by atoms with E-state index in [4.69, 9.17) is 0 Å². The first-order valence-electron chi connectivity index (χ1n) is 7.02. The molecule has 0 amide bonds. The average Bonchev–Trinajstić information content (AvgIpc) is 2.47. The maximum Gasteiger partial charge on any atom is 0.272 e. The van der Waals surface area contributed by atoms with Crippen LogP contribution in [0.4, 0.5) is 22.7 Å². The largest absolute Gasteiger partial charge is 0.385 e. The van der Waals surface area contributed by atoms with E-state index in [9.17, 15) is 10.1 Å². The predicted molar refractivity (Wildman–Crippen MR) is 84.4 cm³/mol. The predicted octanol–water partition coefficient (Wildman–Crippen LogP) is 4.00. The zero-order chi connectivity index (χ0) is 14.8. The number of nitro groups is 1. The molecule has 0 radical (unpaired) electrons. The molecule has 0 atom stereocenters. The molecule has 5 heteroatoms. The van der Waals surface area contributed by atoms with Crippen molar-refractivity contribution in [3.05, 3.63) is 57.6 Å². The van der Waals surface area contributed by atoms with E-state index in [0.29, 0.717) is 5.56 Å². The van der Waals surface area contributed by atoms with Gasteiger partial charge in [-0.15, -0.1) is 0 Å². The Labute approximate surface area is 123 Å². The number of hydrogen-bond donors (Lipinski definition) is 2. The van der Waals surface area contributed by atoms with Crippen LogP contribution in [-0.4, -0.2) is 11.5 Å². The van der Waals surface area contributed by atoms with Crippen LogP contribution < -0.4 is 10.6 Å². The number of hydrogen-bond acceptors (Lipinski definition) is 4. The molecule has 3 rings (SSSR count). The molecule has 108 valence electrons. The number of rotatable bonds is 3. The normalized spacial score (nSPS) is 13.2. The molecule has 1 aliphatic heterocycles. The fourth-order valence-electron chi connectivity index (χ4n) is 2.66. The highest BCUT2D eigenvalue weighted by Gasteiger charge is 2.11. The molecule has 0 bridgehead atoms. The van der Waals surface area contributed by atoms with Gasteiger partial charge in [0.15, 0.2) is 0 Å². The maximum absolute atomic E-state index is 10.8. The molecule has 0 unspecified atom stereocenters. The van der Waals surface area contributed by atoms with Crippen molar-refractivity contribution < 1.29 is 4.92 Å². The summed E-state index contributed by atoms with van der Waals surface area (Å²) in [7, 11) is 0. The number of fused-ring (bicyclic) bond motifs is 1. The van der Waals surface area contributed by atoms with E-state index in [0.717, 1.165) is 30.8 Å². The summed E-state index contributed by atoms with van der Waals surface area (Å²) in [5, 5.41) is 17.5. The Morgan fingerprint density at radius 1 is 1.19 bits per heavy atom. The summed E-state index contributed by atoms with van der Waals surface area (Å²) >= 11 is 0. The lowest BCUT2D eigenvalue weighted by Gasteiger charge is -2.19. The van der Waals surface area contributed by atoms with Crippen molar-refractivity contribution in [1.29, 1.82) is 0 Å². The van der Waals surface area contributed by atoms with Crippen LogP contribution in [-0.2, 0) is 6.42 Å². The van der Waals surface area contributed by atoms with E-state index in [1.54, 1.807) is 19.1 Å². The number of aryl methyl sites for hydroxylation is 2. The van der Waals surface area contributed by atoms with E-state index in [1.807, 2.05) is 6.07 Å². The Morgan fingerprint density at radius 2 is 1.95 bits per heavy atom. The highest BCUT2D eigenvalue weighted by atomic mass is 16.6. The Morgan fingerprint density at radius 3 is 2.71 bits per heavy atom. The van der Waals surface area contributed by atoms with E-state index in [1.165, 1.54) is 17.3 Å². The molecule has 2 aromatic carbocycles. The fraction of sp³-hybridized carbons (Fsp3) is 0.250. The third-order valence-corrected chi connectivity index (χ3v) is 3.73.